The highest BCUT2D eigenvalue weighted by atomic mass is 16.5. The van der Waals surface area contributed by atoms with Crippen LogP contribution in [-0.4, -0.2) is 35.9 Å². The summed E-state index contributed by atoms with van der Waals surface area (Å²) in [7, 11) is 1.14. The van der Waals surface area contributed by atoms with Gasteiger partial charge in [0.2, 0.25) is 11.6 Å². The van der Waals surface area contributed by atoms with Crippen molar-refractivity contribution in [2.24, 2.45) is 5.41 Å². The molecule has 2 aliphatic rings. The third-order valence-electron chi connectivity index (χ3n) is 4.96. The number of methoxy groups -OCH3 is 1. The Morgan fingerprint density at radius 2 is 1.88 bits per heavy atom. The summed E-state index contributed by atoms with van der Waals surface area (Å²) in [5.74, 6) is -2.49. The molecule has 1 heterocycles. The number of phenols is 1. The van der Waals surface area contributed by atoms with Gasteiger partial charge in [0.25, 0.3) is 0 Å². The Morgan fingerprint density at radius 3 is 2.46 bits per heavy atom. The number of ether oxygens (including phenoxy) is 2. The van der Waals surface area contributed by atoms with Crippen molar-refractivity contribution in [3.8, 4) is 5.75 Å². The Bertz CT molecular complexity index is 844. The minimum atomic E-state index is -0.876. The molecule has 1 aliphatic carbocycles. The van der Waals surface area contributed by atoms with Crippen LogP contribution in [0.3, 0.4) is 0 Å². The van der Waals surface area contributed by atoms with E-state index in [1.807, 2.05) is 20.8 Å². The highest BCUT2D eigenvalue weighted by molar-refractivity contribution is 6.53. The number of benzene rings is 1. The van der Waals surface area contributed by atoms with Crippen molar-refractivity contribution < 1.29 is 29.0 Å². The van der Waals surface area contributed by atoms with Gasteiger partial charge in [0, 0.05) is 11.0 Å². The molecule has 0 spiro atoms. The topological polar surface area (TPSA) is 89.9 Å². The van der Waals surface area contributed by atoms with Crippen LogP contribution >= 0.6 is 0 Å². The Labute approximate surface area is 139 Å². The molecule has 1 atom stereocenters. The molecule has 1 aromatic carbocycles. The Morgan fingerprint density at radius 1 is 1.25 bits per heavy atom. The number of esters is 1. The van der Waals surface area contributed by atoms with Gasteiger partial charge in [-0.25, -0.2) is 4.79 Å². The maximum absolute atomic E-state index is 12.7. The molecule has 0 radical (unpaired) electrons. The number of aromatic hydroxyl groups is 1. The van der Waals surface area contributed by atoms with Crippen LogP contribution in [0.5, 0.6) is 5.75 Å². The van der Waals surface area contributed by atoms with Crippen molar-refractivity contribution in [3.05, 3.63) is 33.9 Å². The first-order valence-corrected chi connectivity index (χ1v) is 7.58. The van der Waals surface area contributed by atoms with E-state index >= 15 is 0 Å². The molecular weight excluding hydrogens is 312 g/mol. The van der Waals surface area contributed by atoms with Crippen LogP contribution in [0, 0.1) is 12.3 Å². The molecule has 24 heavy (non-hydrogen) atoms. The van der Waals surface area contributed by atoms with E-state index in [2.05, 4.69) is 4.74 Å². The van der Waals surface area contributed by atoms with Crippen LogP contribution in [0.15, 0.2) is 11.6 Å². The largest absolute Gasteiger partial charge is 0.507 e. The molecule has 0 saturated heterocycles. The normalized spacial score (nSPS) is 21.3. The fourth-order valence-electron chi connectivity index (χ4n) is 3.31. The zero-order valence-electron chi connectivity index (χ0n) is 14.1. The van der Waals surface area contributed by atoms with E-state index in [9.17, 15) is 19.5 Å². The van der Waals surface area contributed by atoms with Crippen molar-refractivity contribution >= 4 is 23.3 Å². The monoisotopic (exact) mass is 330 g/mol. The van der Waals surface area contributed by atoms with E-state index in [4.69, 9.17) is 4.74 Å². The van der Waals surface area contributed by atoms with E-state index in [-0.39, 0.29) is 17.2 Å². The molecule has 6 heteroatoms. The van der Waals surface area contributed by atoms with Gasteiger partial charge in [0.15, 0.2) is 0 Å². The number of hydrogen-bond acceptors (Lipinski definition) is 6. The summed E-state index contributed by atoms with van der Waals surface area (Å²) in [6.07, 6.45) is -0.306. The third-order valence-corrected chi connectivity index (χ3v) is 4.96. The summed E-state index contributed by atoms with van der Waals surface area (Å²) in [5.41, 5.74) is 0.169. The van der Waals surface area contributed by atoms with Crippen LogP contribution in [-0.2, 0) is 14.3 Å². The van der Waals surface area contributed by atoms with Gasteiger partial charge in [-0.05, 0) is 25.5 Å². The average Bonchev–Trinajstić information content (AvgIpc) is 2.73. The number of Topliss-reactive ketones (excluding diaryl/α,β-unsaturated/α-hetero) is 2. The number of carbonyl (C=O) groups excluding carboxylic acids is 3. The first-order valence-electron chi connectivity index (χ1n) is 7.58. The Kier molecular flexibility index (Phi) is 3.34. The molecule has 0 fully saturated rings. The maximum atomic E-state index is 12.7. The molecule has 6 nitrogen and oxygen atoms in total. The van der Waals surface area contributed by atoms with Crippen molar-refractivity contribution in [1.82, 2.24) is 0 Å². The second-order valence-electron chi connectivity index (χ2n) is 6.67. The number of hydrogen-bond donors (Lipinski definition) is 1. The minimum absolute atomic E-state index is 0.145. The van der Waals surface area contributed by atoms with Gasteiger partial charge in [0.05, 0.1) is 18.2 Å². The zero-order valence-corrected chi connectivity index (χ0v) is 14.1. The molecule has 126 valence electrons. The fraction of sp³-hybridized carbons (Fsp3) is 0.389. The van der Waals surface area contributed by atoms with Gasteiger partial charge in [-0.1, -0.05) is 13.8 Å². The van der Waals surface area contributed by atoms with Crippen molar-refractivity contribution in [2.75, 3.05) is 7.11 Å². The summed E-state index contributed by atoms with van der Waals surface area (Å²) >= 11 is 0. The second kappa shape index (κ2) is 4.93. The predicted octanol–water partition coefficient (Wildman–Crippen LogP) is 2.41. The Balaban J connectivity index is 2.43. The van der Waals surface area contributed by atoms with E-state index in [1.54, 1.807) is 6.92 Å². The van der Waals surface area contributed by atoms with Crippen LogP contribution in [0.1, 0.15) is 52.6 Å². The first-order chi connectivity index (χ1) is 11.1. The van der Waals surface area contributed by atoms with E-state index < -0.39 is 28.7 Å². The molecule has 0 unspecified atom stereocenters. The SMILES string of the molecule is COC(=O)c1c(O)cc(C)c2c1C(=O)C(=O)C1=C2O[C@@H](C)C1(C)C. The van der Waals surface area contributed by atoms with Gasteiger partial charge < -0.3 is 14.6 Å². The average molecular weight is 330 g/mol. The molecule has 1 aromatic rings. The molecule has 3 rings (SSSR count). The molecule has 0 aromatic heterocycles. The molecule has 0 bridgehead atoms. The smallest absolute Gasteiger partial charge is 0.342 e. The lowest BCUT2D eigenvalue weighted by atomic mass is 9.73. The van der Waals surface area contributed by atoms with Crippen LogP contribution in [0.25, 0.3) is 5.76 Å². The quantitative estimate of drug-likeness (QED) is 0.628. The molecule has 0 saturated carbocycles. The summed E-state index contributed by atoms with van der Waals surface area (Å²) in [6.45, 7) is 7.19. The number of fused-ring (bicyclic) bond motifs is 2. The number of rotatable bonds is 1. The lowest BCUT2D eigenvalue weighted by Crippen LogP contribution is -2.33. The standard InChI is InChI=1S/C18H18O6/c1-7-6-9(19)11(17(22)23-5)12-10(7)16-13(15(21)14(12)20)18(3,4)8(2)24-16/h6,8,19H,1-5H3/t8-/m0/s1. The maximum Gasteiger partial charge on any atom is 0.342 e. The highest BCUT2D eigenvalue weighted by Crippen LogP contribution is 2.51. The van der Waals surface area contributed by atoms with Gasteiger partial charge in [0.1, 0.15) is 23.2 Å². The number of phenolic OH excluding ortho intramolecular Hbond substituents is 1. The van der Waals surface area contributed by atoms with Crippen molar-refractivity contribution in [3.63, 3.8) is 0 Å². The third kappa shape index (κ3) is 1.85. The summed E-state index contributed by atoms with van der Waals surface area (Å²) < 4.78 is 10.5. The van der Waals surface area contributed by atoms with E-state index in [0.29, 0.717) is 22.5 Å². The predicted molar refractivity (Wildman–Crippen MR) is 84.8 cm³/mol. The van der Waals surface area contributed by atoms with E-state index in [1.165, 1.54) is 6.07 Å². The molecule has 1 N–H and O–H groups in total. The Hall–Kier alpha value is -2.63. The lowest BCUT2D eigenvalue weighted by molar-refractivity contribution is -0.112. The number of carbonyl (C=O) groups is 3. The van der Waals surface area contributed by atoms with Crippen molar-refractivity contribution in [2.45, 2.75) is 33.8 Å². The van der Waals surface area contributed by atoms with Gasteiger partial charge in [-0.2, -0.15) is 0 Å². The van der Waals surface area contributed by atoms with Gasteiger partial charge in [-0.3, -0.25) is 9.59 Å². The zero-order chi connectivity index (χ0) is 18.0. The van der Waals surface area contributed by atoms with Crippen LogP contribution in [0.4, 0.5) is 0 Å². The molecule has 0 amide bonds. The summed E-state index contributed by atoms with van der Waals surface area (Å²) in [6, 6.07) is 1.37. The summed E-state index contributed by atoms with van der Waals surface area (Å²) in [4.78, 5) is 37.5. The van der Waals surface area contributed by atoms with Crippen LogP contribution in [0.2, 0.25) is 0 Å². The van der Waals surface area contributed by atoms with Gasteiger partial charge in [-0.15, -0.1) is 0 Å². The van der Waals surface area contributed by atoms with Gasteiger partial charge >= 0.3 is 5.97 Å². The second-order valence-corrected chi connectivity index (χ2v) is 6.67. The van der Waals surface area contributed by atoms with Crippen LogP contribution < -0.4 is 0 Å². The summed E-state index contributed by atoms with van der Waals surface area (Å²) in [5, 5.41) is 10.1. The highest BCUT2D eigenvalue weighted by Gasteiger charge is 2.51. The van der Waals surface area contributed by atoms with E-state index in [0.717, 1.165) is 7.11 Å². The fourth-order valence-corrected chi connectivity index (χ4v) is 3.31. The van der Waals surface area contributed by atoms with Crippen molar-refractivity contribution in [1.29, 1.82) is 0 Å². The lowest BCUT2D eigenvalue weighted by Gasteiger charge is -2.25. The molecule has 1 aliphatic heterocycles. The number of aryl methyl sites for hydroxylation is 1. The first kappa shape index (κ1) is 16.2. The minimum Gasteiger partial charge on any atom is -0.507 e. The molecular formula is C18H18O6. The number of ketones is 2.